The number of nitrogens with one attached hydrogen (secondary N) is 1. The topological polar surface area (TPSA) is 45.2 Å². The number of hydrogen-bond acceptors (Lipinski definition) is 4. The summed E-state index contributed by atoms with van der Waals surface area (Å²) in [7, 11) is 0. The zero-order chi connectivity index (χ0) is 13.8. The minimum atomic E-state index is 0.160. The largest absolute Gasteiger partial charge is 0.330 e. The Morgan fingerprint density at radius 2 is 2.20 bits per heavy atom. The van der Waals surface area contributed by atoms with Crippen LogP contribution in [0.5, 0.6) is 0 Å². The second kappa shape index (κ2) is 6.15. The fraction of sp³-hybridized carbons (Fsp3) is 0.333. The average molecular weight is 287 g/mol. The summed E-state index contributed by atoms with van der Waals surface area (Å²) < 4.78 is 0. The third kappa shape index (κ3) is 3.05. The summed E-state index contributed by atoms with van der Waals surface area (Å²) in [4.78, 5) is 18.4. The van der Waals surface area contributed by atoms with Crippen LogP contribution in [0.3, 0.4) is 0 Å². The molecule has 0 radical (unpaired) electrons. The van der Waals surface area contributed by atoms with Crippen molar-refractivity contribution in [2.45, 2.75) is 19.0 Å². The van der Waals surface area contributed by atoms with E-state index in [2.05, 4.69) is 22.4 Å². The molecule has 1 fully saturated rings. The minimum absolute atomic E-state index is 0.160. The van der Waals surface area contributed by atoms with Crippen LogP contribution in [0.1, 0.15) is 10.6 Å². The van der Waals surface area contributed by atoms with Gasteiger partial charge in [0.2, 0.25) is 5.91 Å². The Kier molecular flexibility index (Phi) is 4.08. The zero-order valence-corrected chi connectivity index (χ0v) is 12.0. The molecule has 0 spiro atoms. The lowest BCUT2D eigenvalue weighted by Crippen LogP contribution is -2.55. The van der Waals surface area contributed by atoms with Gasteiger partial charge in [0.15, 0.2) is 0 Å². The molecule has 0 saturated carbocycles. The molecule has 0 aliphatic carbocycles. The van der Waals surface area contributed by atoms with Crippen molar-refractivity contribution in [1.82, 2.24) is 15.2 Å². The highest BCUT2D eigenvalue weighted by atomic mass is 32.1. The molecule has 1 saturated heterocycles. The molecule has 0 unspecified atom stereocenters. The Morgan fingerprint density at radius 1 is 1.35 bits per heavy atom. The Labute approximate surface area is 122 Å². The van der Waals surface area contributed by atoms with E-state index in [1.165, 1.54) is 5.56 Å². The van der Waals surface area contributed by atoms with E-state index in [1.807, 2.05) is 28.5 Å². The van der Waals surface area contributed by atoms with Crippen molar-refractivity contribution in [1.29, 1.82) is 0 Å². The molecule has 1 N–H and O–H groups in total. The quantitative estimate of drug-likeness (QED) is 0.930. The molecular weight excluding hydrogens is 270 g/mol. The molecule has 1 aliphatic rings. The van der Waals surface area contributed by atoms with E-state index in [9.17, 15) is 4.79 Å². The molecule has 1 aromatic carbocycles. The number of carbonyl (C=O) groups excluding carboxylic acids is 1. The predicted octanol–water partition coefficient (Wildman–Crippen LogP) is 1.69. The van der Waals surface area contributed by atoms with Gasteiger partial charge in [-0.1, -0.05) is 30.3 Å². The normalized spacial score (nSPS) is 19.3. The lowest BCUT2D eigenvalue weighted by molar-refractivity contribution is -0.135. The van der Waals surface area contributed by atoms with Crippen molar-refractivity contribution >= 4 is 17.2 Å². The van der Waals surface area contributed by atoms with Gasteiger partial charge in [-0.15, -0.1) is 11.3 Å². The van der Waals surface area contributed by atoms with Gasteiger partial charge in [0.05, 0.1) is 13.1 Å². The number of carbonyl (C=O) groups is 1. The molecule has 0 bridgehead atoms. The van der Waals surface area contributed by atoms with Gasteiger partial charge in [-0.2, -0.15) is 0 Å². The summed E-state index contributed by atoms with van der Waals surface area (Å²) in [5.41, 5.74) is 1.26. The number of piperazine rings is 1. The van der Waals surface area contributed by atoms with Crippen LogP contribution in [0.4, 0.5) is 0 Å². The highest BCUT2D eigenvalue weighted by Gasteiger charge is 2.28. The first kappa shape index (κ1) is 13.3. The number of aromatic nitrogens is 1. The van der Waals surface area contributed by atoms with Crippen LogP contribution in [0.2, 0.25) is 0 Å². The van der Waals surface area contributed by atoms with E-state index in [0.29, 0.717) is 13.1 Å². The molecule has 4 nitrogen and oxygen atoms in total. The summed E-state index contributed by atoms with van der Waals surface area (Å²) in [5.74, 6) is 0.160. The van der Waals surface area contributed by atoms with Crippen LogP contribution < -0.4 is 5.32 Å². The van der Waals surface area contributed by atoms with E-state index < -0.39 is 0 Å². The molecule has 2 heterocycles. The van der Waals surface area contributed by atoms with Crippen LogP contribution in [0.25, 0.3) is 0 Å². The van der Waals surface area contributed by atoms with Crippen molar-refractivity contribution in [3.8, 4) is 0 Å². The molecule has 1 aromatic heterocycles. The molecule has 1 atom stereocenters. The summed E-state index contributed by atoms with van der Waals surface area (Å²) >= 11 is 1.60. The minimum Gasteiger partial charge on any atom is -0.330 e. The lowest BCUT2D eigenvalue weighted by Gasteiger charge is -2.35. The Hall–Kier alpha value is -1.72. The fourth-order valence-corrected chi connectivity index (χ4v) is 3.14. The molecule has 20 heavy (non-hydrogen) atoms. The first-order chi connectivity index (χ1) is 9.83. The summed E-state index contributed by atoms with van der Waals surface area (Å²) in [5, 5.41) is 6.16. The maximum absolute atomic E-state index is 12.2. The van der Waals surface area contributed by atoms with E-state index >= 15 is 0 Å². The Morgan fingerprint density at radius 3 is 2.95 bits per heavy atom. The maximum Gasteiger partial charge on any atom is 0.237 e. The third-order valence-electron chi connectivity index (χ3n) is 3.52. The van der Waals surface area contributed by atoms with Crippen molar-refractivity contribution in [3.05, 3.63) is 52.5 Å². The average Bonchev–Trinajstić information content (AvgIpc) is 2.97. The number of amides is 1. The van der Waals surface area contributed by atoms with Crippen molar-refractivity contribution in [2.24, 2.45) is 0 Å². The van der Waals surface area contributed by atoms with Crippen molar-refractivity contribution < 1.29 is 4.79 Å². The van der Waals surface area contributed by atoms with Gasteiger partial charge < -0.3 is 10.2 Å². The zero-order valence-electron chi connectivity index (χ0n) is 11.2. The first-order valence-corrected chi connectivity index (χ1v) is 7.63. The second-order valence-electron chi connectivity index (χ2n) is 4.92. The molecule has 2 aromatic rings. The van der Waals surface area contributed by atoms with Crippen LogP contribution >= 0.6 is 11.3 Å². The third-order valence-corrected chi connectivity index (χ3v) is 4.28. The molecule has 104 valence electrons. The molecule has 1 aliphatic heterocycles. The summed E-state index contributed by atoms with van der Waals surface area (Å²) in [6, 6.07) is 10.5. The number of nitrogens with zero attached hydrogens (tertiary/aromatic N) is 2. The lowest BCUT2D eigenvalue weighted by atomic mass is 10.0. The van der Waals surface area contributed by atoms with Gasteiger partial charge in [0.25, 0.3) is 0 Å². The maximum atomic E-state index is 12.2. The van der Waals surface area contributed by atoms with Gasteiger partial charge in [-0.05, 0) is 12.0 Å². The van der Waals surface area contributed by atoms with Crippen LogP contribution in [-0.4, -0.2) is 34.9 Å². The first-order valence-electron chi connectivity index (χ1n) is 6.75. The van der Waals surface area contributed by atoms with Gasteiger partial charge >= 0.3 is 0 Å². The van der Waals surface area contributed by atoms with Gasteiger partial charge in [-0.3, -0.25) is 4.79 Å². The van der Waals surface area contributed by atoms with E-state index in [-0.39, 0.29) is 11.9 Å². The fourth-order valence-electron chi connectivity index (χ4n) is 2.52. The highest BCUT2D eigenvalue weighted by Crippen LogP contribution is 2.16. The second-order valence-corrected chi connectivity index (χ2v) is 5.90. The number of hydrogen-bond donors (Lipinski definition) is 1. The van der Waals surface area contributed by atoms with Crippen LogP contribution in [0.15, 0.2) is 41.9 Å². The van der Waals surface area contributed by atoms with Gasteiger partial charge in [0.1, 0.15) is 5.01 Å². The molecular formula is C15H17N3OS. The smallest absolute Gasteiger partial charge is 0.237 e. The van der Waals surface area contributed by atoms with Gasteiger partial charge in [-0.25, -0.2) is 4.98 Å². The highest BCUT2D eigenvalue weighted by molar-refractivity contribution is 7.09. The van der Waals surface area contributed by atoms with E-state index in [0.717, 1.165) is 18.0 Å². The molecule has 3 rings (SSSR count). The Balaban J connectivity index is 1.74. The SMILES string of the molecule is O=C1CNC[C@H](Cc2ccccc2)N1Cc1nccs1. The number of rotatable bonds is 4. The number of benzene rings is 1. The van der Waals surface area contributed by atoms with Gasteiger partial charge in [0, 0.05) is 24.2 Å². The summed E-state index contributed by atoms with van der Waals surface area (Å²) in [6.07, 6.45) is 2.67. The Bertz CT molecular complexity index is 556. The molecule has 5 heteroatoms. The monoisotopic (exact) mass is 287 g/mol. The predicted molar refractivity (Wildman–Crippen MR) is 79.5 cm³/mol. The summed E-state index contributed by atoms with van der Waals surface area (Å²) in [6.45, 7) is 1.89. The van der Waals surface area contributed by atoms with Crippen molar-refractivity contribution in [2.75, 3.05) is 13.1 Å². The molecule has 1 amide bonds. The van der Waals surface area contributed by atoms with E-state index in [4.69, 9.17) is 0 Å². The number of thiazole rings is 1. The van der Waals surface area contributed by atoms with Crippen molar-refractivity contribution in [3.63, 3.8) is 0 Å². The standard InChI is InChI=1S/C15H17N3OS/c19-15-10-16-9-13(8-12-4-2-1-3-5-12)18(15)11-14-17-6-7-20-14/h1-7,13,16H,8-11H2/t13-/m0/s1. The van der Waals surface area contributed by atoms with Crippen LogP contribution in [0, 0.1) is 0 Å². The van der Waals surface area contributed by atoms with Crippen LogP contribution in [-0.2, 0) is 17.8 Å². The van der Waals surface area contributed by atoms with E-state index in [1.54, 1.807) is 17.5 Å².